The highest BCUT2D eigenvalue weighted by Crippen LogP contribution is 2.19. The Labute approximate surface area is 98.8 Å². The zero-order valence-electron chi connectivity index (χ0n) is 8.83. The van der Waals surface area contributed by atoms with Crippen molar-refractivity contribution < 1.29 is 5.11 Å². The third-order valence-electron chi connectivity index (χ3n) is 2.22. The summed E-state index contributed by atoms with van der Waals surface area (Å²) < 4.78 is 1.06. The average molecular weight is 273 g/mol. The van der Waals surface area contributed by atoms with Crippen LogP contribution in [0.5, 0.6) is 0 Å². The molecule has 0 aliphatic carbocycles. The summed E-state index contributed by atoms with van der Waals surface area (Å²) in [4.78, 5) is 0. The Morgan fingerprint density at radius 1 is 1.53 bits per heavy atom. The van der Waals surface area contributed by atoms with Gasteiger partial charge in [0.05, 0.1) is 6.10 Å². The van der Waals surface area contributed by atoms with Crippen LogP contribution in [0.15, 0.2) is 22.7 Å². The fourth-order valence-electron chi connectivity index (χ4n) is 1.35. The number of rotatable bonds is 5. The first kappa shape index (κ1) is 12.5. The molecule has 1 atom stereocenters. The van der Waals surface area contributed by atoms with E-state index in [0.717, 1.165) is 15.7 Å². The SMILES string of the molecule is Cc1cc(Br)ccc1NCC(O)CCN. The number of anilines is 1. The van der Waals surface area contributed by atoms with Gasteiger partial charge in [-0.1, -0.05) is 15.9 Å². The van der Waals surface area contributed by atoms with E-state index in [-0.39, 0.29) is 6.10 Å². The number of nitrogens with one attached hydrogen (secondary N) is 1. The first-order valence-electron chi connectivity index (χ1n) is 5.01. The first-order valence-corrected chi connectivity index (χ1v) is 5.81. The molecular formula is C11H17BrN2O. The van der Waals surface area contributed by atoms with Crippen LogP contribution in [0.4, 0.5) is 5.69 Å². The monoisotopic (exact) mass is 272 g/mol. The molecule has 3 nitrogen and oxygen atoms in total. The summed E-state index contributed by atoms with van der Waals surface area (Å²) >= 11 is 3.41. The van der Waals surface area contributed by atoms with Gasteiger partial charge in [0.15, 0.2) is 0 Å². The van der Waals surface area contributed by atoms with Crippen LogP contribution in [-0.4, -0.2) is 24.3 Å². The highest BCUT2D eigenvalue weighted by atomic mass is 79.9. The first-order chi connectivity index (χ1) is 7.13. The van der Waals surface area contributed by atoms with Crippen molar-refractivity contribution in [2.24, 2.45) is 5.73 Å². The van der Waals surface area contributed by atoms with Crippen LogP contribution in [0.3, 0.4) is 0 Å². The number of hydrogen-bond acceptors (Lipinski definition) is 3. The number of nitrogens with two attached hydrogens (primary N) is 1. The van der Waals surface area contributed by atoms with Gasteiger partial charge in [-0.3, -0.25) is 0 Å². The van der Waals surface area contributed by atoms with Gasteiger partial charge in [0.2, 0.25) is 0 Å². The van der Waals surface area contributed by atoms with Crippen LogP contribution in [0, 0.1) is 6.92 Å². The second-order valence-corrected chi connectivity index (χ2v) is 4.49. The molecule has 1 aromatic carbocycles. The predicted molar refractivity (Wildman–Crippen MR) is 67.0 cm³/mol. The Kier molecular flexibility index (Phi) is 5.08. The average Bonchev–Trinajstić information content (AvgIpc) is 2.17. The van der Waals surface area contributed by atoms with Gasteiger partial charge < -0.3 is 16.2 Å². The lowest BCUT2D eigenvalue weighted by Gasteiger charge is -2.13. The number of halogens is 1. The number of benzene rings is 1. The number of hydrogen-bond donors (Lipinski definition) is 3. The summed E-state index contributed by atoms with van der Waals surface area (Å²) in [6.45, 7) is 3.09. The van der Waals surface area contributed by atoms with Crippen molar-refractivity contribution >= 4 is 21.6 Å². The van der Waals surface area contributed by atoms with Crippen molar-refractivity contribution in [3.05, 3.63) is 28.2 Å². The Bertz CT molecular complexity index is 317. The summed E-state index contributed by atoms with van der Waals surface area (Å²) in [5.41, 5.74) is 7.56. The van der Waals surface area contributed by atoms with Crippen LogP contribution in [-0.2, 0) is 0 Å². The van der Waals surface area contributed by atoms with E-state index in [2.05, 4.69) is 21.2 Å². The van der Waals surface area contributed by atoms with E-state index < -0.39 is 0 Å². The van der Waals surface area contributed by atoms with Gasteiger partial charge in [0.25, 0.3) is 0 Å². The minimum atomic E-state index is -0.377. The maximum absolute atomic E-state index is 9.50. The molecule has 0 spiro atoms. The highest BCUT2D eigenvalue weighted by molar-refractivity contribution is 9.10. The summed E-state index contributed by atoms with van der Waals surface area (Å²) in [5, 5.41) is 12.7. The summed E-state index contributed by atoms with van der Waals surface area (Å²) in [6, 6.07) is 6.01. The normalized spacial score (nSPS) is 12.5. The molecule has 0 bridgehead atoms. The third-order valence-corrected chi connectivity index (χ3v) is 2.71. The van der Waals surface area contributed by atoms with Gasteiger partial charge in [-0.25, -0.2) is 0 Å². The Balaban J connectivity index is 2.50. The van der Waals surface area contributed by atoms with Crippen molar-refractivity contribution in [3.63, 3.8) is 0 Å². The molecule has 0 saturated carbocycles. The fraction of sp³-hybridized carbons (Fsp3) is 0.455. The topological polar surface area (TPSA) is 58.3 Å². The molecule has 0 saturated heterocycles. The van der Waals surface area contributed by atoms with E-state index in [1.807, 2.05) is 25.1 Å². The Morgan fingerprint density at radius 3 is 2.87 bits per heavy atom. The van der Waals surface area contributed by atoms with Crippen LogP contribution < -0.4 is 11.1 Å². The van der Waals surface area contributed by atoms with E-state index >= 15 is 0 Å². The fourth-order valence-corrected chi connectivity index (χ4v) is 1.82. The van der Waals surface area contributed by atoms with Gasteiger partial charge in [0, 0.05) is 16.7 Å². The second-order valence-electron chi connectivity index (χ2n) is 3.57. The lowest BCUT2D eigenvalue weighted by molar-refractivity contribution is 0.180. The third kappa shape index (κ3) is 4.20. The molecule has 0 amide bonds. The molecule has 1 unspecified atom stereocenters. The zero-order valence-corrected chi connectivity index (χ0v) is 10.4. The minimum absolute atomic E-state index is 0.377. The van der Waals surface area contributed by atoms with E-state index in [0.29, 0.717) is 19.5 Å². The summed E-state index contributed by atoms with van der Waals surface area (Å²) in [5.74, 6) is 0. The van der Waals surface area contributed by atoms with Crippen LogP contribution in [0.25, 0.3) is 0 Å². The molecule has 15 heavy (non-hydrogen) atoms. The van der Waals surface area contributed by atoms with Gasteiger partial charge >= 0.3 is 0 Å². The van der Waals surface area contributed by atoms with Gasteiger partial charge in [-0.2, -0.15) is 0 Å². The maximum Gasteiger partial charge on any atom is 0.0724 e. The van der Waals surface area contributed by atoms with Gasteiger partial charge in [0.1, 0.15) is 0 Å². The van der Waals surface area contributed by atoms with E-state index in [4.69, 9.17) is 5.73 Å². The lowest BCUT2D eigenvalue weighted by Crippen LogP contribution is -2.22. The van der Waals surface area contributed by atoms with Crippen molar-refractivity contribution in [2.75, 3.05) is 18.4 Å². The van der Waals surface area contributed by atoms with Crippen molar-refractivity contribution in [1.82, 2.24) is 0 Å². The minimum Gasteiger partial charge on any atom is -0.391 e. The molecule has 0 heterocycles. The standard InChI is InChI=1S/C11H17BrN2O/c1-8-6-9(12)2-3-11(8)14-7-10(15)4-5-13/h2-3,6,10,14-15H,4-5,7,13H2,1H3. The Hall–Kier alpha value is -0.580. The van der Waals surface area contributed by atoms with Crippen molar-refractivity contribution in [3.8, 4) is 0 Å². The molecule has 0 aliphatic rings. The number of aryl methyl sites for hydroxylation is 1. The summed E-state index contributed by atoms with van der Waals surface area (Å²) in [6.07, 6.45) is 0.251. The van der Waals surface area contributed by atoms with Crippen molar-refractivity contribution in [2.45, 2.75) is 19.4 Å². The quantitative estimate of drug-likeness (QED) is 0.767. The smallest absolute Gasteiger partial charge is 0.0724 e. The molecule has 4 heteroatoms. The molecule has 0 fully saturated rings. The van der Waals surface area contributed by atoms with E-state index in [1.54, 1.807) is 0 Å². The molecule has 4 N–H and O–H groups in total. The number of aliphatic hydroxyl groups excluding tert-OH is 1. The highest BCUT2D eigenvalue weighted by Gasteiger charge is 2.03. The summed E-state index contributed by atoms with van der Waals surface area (Å²) in [7, 11) is 0. The second kappa shape index (κ2) is 6.10. The van der Waals surface area contributed by atoms with Crippen LogP contribution in [0.1, 0.15) is 12.0 Å². The predicted octanol–water partition coefficient (Wildman–Crippen LogP) is 1.88. The molecule has 84 valence electrons. The largest absolute Gasteiger partial charge is 0.391 e. The molecule has 1 rings (SSSR count). The lowest BCUT2D eigenvalue weighted by atomic mass is 10.2. The molecule has 0 radical (unpaired) electrons. The van der Waals surface area contributed by atoms with Crippen LogP contribution in [0.2, 0.25) is 0 Å². The van der Waals surface area contributed by atoms with Gasteiger partial charge in [-0.15, -0.1) is 0 Å². The van der Waals surface area contributed by atoms with Crippen LogP contribution >= 0.6 is 15.9 Å². The number of aliphatic hydroxyl groups is 1. The van der Waals surface area contributed by atoms with E-state index in [9.17, 15) is 5.11 Å². The maximum atomic E-state index is 9.50. The zero-order chi connectivity index (χ0) is 11.3. The van der Waals surface area contributed by atoms with E-state index in [1.165, 1.54) is 0 Å². The van der Waals surface area contributed by atoms with Crippen molar-refractivity contribution in [1.29, 1.82) is 0 Å². The Morgan fingerprint density at radius 2 is 2.27 bits per heavy atom. The van der Waals surface area contributed by atoms with Gasteiger partial charge in [-0.05, 0) is 43.7 Å². The molecular weight excluding hydrogens is 256 g/mol. The molecule has 0 aliphatic heterocycles. The molecule has 0 aromatic heterocycles. The molecule has 1 aromatic rings.